The van der Waals surface area contributed by atoms with Crippen molar-refractivity contribution in [2.75, 3.05) is 26.2 Å². The summed E-state index contributed by atoms with van der Waals surface area (Å²) in [6, 6.07) is 0.0883. The van der Waals surface area contributed by atoms with Crippen LogP contribution in [0.3, 0.4) is 0 Å². The van der Waals surface area contributed by atoms with Crippen molar-refractivity contribution in [2.45, 2.75) is 38.1 Å². The summed E-state index contributed by atoms with van der Waals surface area (Å²) in [6.45, 7) is 3.03. The Balaban J connectivity index is 1.58. The lowest BCUT2D eigenvalue weighted by molar-refractivity contribution is -0.133. The molecular weight excluding hydrogens is 228 g/mol. The van der Waals surface area contributed by atoms with E-state index in [1.54, 1.807) is 0 Å². The normalized spacial score (nSPS) is 39.3. The molecule has 102 valence electrons. The highest BCUT2D eigenvalue weighted by Gasteiger charge is 2.44. The third kappa shape index (κ3) is 2.16. The van der Waals surface area contributed by atoms with E-state index < -0.39 is 0 Å². The van der Waals surface area contributed by atoms with Crippen LogP contribution in [-0.4, -0.2) is 48.2 Å². The first kappa shape index (κ1) is 12.4. The number of likely N-dealkylation sites (tertiary alicyclic amines) is 1. The van der Waals surface area contributed by atoms with Crippen molar-refractivity contribution in [1.29, 1.82) is 0 Å². The lowest BCUT2D eigenvalue weighted by Crippen LogP contribution is -2.45. The summed E-state index contributed by atoms with van der Waals surface area (Å²) in [5, 5.41) is 12.4. The van der Waals surface area contributed by atoms with E-state index in [1.807, 2.05) is 4.90 Å². The number of fused-ring (bicyclic) bond motifs is 1. The van der Waals surface area contributed by atoms with Gasteiger partial charge in [-0.3, -0.25) is 4.79 Å². The highest BCUT2D eigenvalue weighted by atomic mass is 16.3. The molecule has 3 aliphatic rings. The van der Waals surface area contributed by atoms with Crippen LogP contribution in [0.15, 0.2) is 0 Å². The monoisotopic (exact) mass is 252 g/mol. The second kappa shape index (κ2) is 5.17. The first-order chi connectivity index (χ1) is 8.79. The van der Waals surface area contributed by atoms with Gasteiger partial charge in [-0.2, -0.15) is 0 Å². The molecule has 2 heterocycles. The van der Waals surface area contributed by atoms with Gasteiger partial charge in [0.1, 0.15) is 0 Å². The fourth-order valence-corrected chi connectivity index (χ4v) is 4.11. The Morgan fingerprint density at radius 3 is 3.06 bits per heavy atom. The van der Waals surface area contributed by atoms with E-state index in [-0.39, 0.29) is 12.6 Å². The molecule has 3 fully saturated rings. The number of rotatable bonds is 3. The van der Waals surface area contributed by atoms with Crippen molar-refractivity contribution in [3.63, 3.8) is 0 Å². The van der Waals surface area contributed by atoms with Crippen LogP contribution in [0.25, 0.3) is 0 Å². The lowest BCUT2D eigenvalue weighted by atomic mass is 9.93. The van der Waals surface area contributed by atoms with Crippen LogP contribution in [0, 0.1) is 17.8 Å². The topological polar surface area (TPSA) is 52.6 Å². The summed E-state index contributed by atoms with van der Waals surface area (Å²) in [5.74, 6) is 2.17. The van der Waals surface area contributed by atoms with Crippen molar-refractivity contribution in [2.24, 2.45) is 17.8 Å². The highest BCUT2D eigenvalue weighted by molar-refractivity contribution is 5.83. The smallest absolute Gasteiger partial charge is 0.240 e. The zero-order valence-corrected chi connectivity index (χ0v) is 11.0. The Kier molecular flexibility index (Phi) is 3.57. The molecule has 2 saturated heterocycles. The summed E-state index contributed by atoms with van der Waals surface area (Å²) in [7, 11) is 0. The summed E-state index contributed by atoms with van der Waals surface area (Å²) in [5.41, 5.74) is 0. The zero-order chi connectivity index (χ0) is 12.5. The fourth-order valence-electron chi connectivity index (χ4n) is 4.11. The molecule has 0 bridgehead atoms. The molecule has 4 atom stereocenters. The van der Waals surface area contributed by atoms with E-state index in [4.69, 9.17) is 5.11 Å². The minimum atomic E-state index is 0.0883. The molecule has 18 heavy (non-hydrogen) atoms. The van der Waals surface area contributed by atoms with E-state index >= 15 is 0 Å². The van der Waals surface area contributed by atoms with Crippen molar-refractivity contribution in [3.8, 4) is 0 Å². The standard InChI is InChI=1S/C14H24N2O2/c17-7-5-10-4-6-16(9-10)14(18)13-12-3-1-2-11(12)8-15-13/h10-13,15,17H,1-9H2. The van der Waals surface area contributed by atoms with Crippen molar-refractivity contribution < 1.29 is 9.90 Å². The molecule has 4 unspecified atom stereocenters. The Hall–Kier alpha value is -0.610. The molecule has 0 aromatic rings. The van der Waals surface area contributed by atoms with E-state index in [0.717, 1.165) is 38.4 Å². The molecule has 1 saturated carbocycles. The molecule has 1 aliphatic carbocycles. The number of hydrogen-bond donors (Lipinski definition) is 2. The largest absolute Gasteiger partial charge is 0.396 e. The summed E-state index contributed by atoms with van der Waals surface area (Å²) >= 11 is 0. The SMILES string of the molecule is O=C(C1NCC2CCCC21)N1CCC(CCO)C1. The Bertz CT molecular complexity index is 321. The summed E-state index contributed by atoms with van der Waals surface area (Å²) in [6.07, 6.45) is 5.73. The Labute approximate surface area is 109 Å². The number of nitrogens with zero attached hydrogens (tertiary/aromatic N) is 1. The molecule has 0 spiro atoms. The highest BCUT2D eigenvalue weighted by Crippen LogP contribution is 2.38. The van der Waals surface area contributed by atoms with E-state index in [1.165, 1.54) is 19.3 Å². The average Bonchev–Trinajstić information content (AvgIpc) is 3.04. The maximum absolute atomic E-state index is 12.5. The maximum atomic E-state index is 12.5. The Morgan fingerprint density at radius 2 is 2.22 bits per heavy atom. The second-order valence-corrected chi connectivity index (χ2v) is 6.19. The third-order valence-electron chi connectivity index (χ3n) is 5.15. The minimum absolute atomic E-state index is 0.0883. The maximum Gasteiger partial charge on any atom is 0.240 e. The van der Waals surface area contributed by atoms with Gasteiger partial charge in [-0.1, -0.05) is 6.42 Å². The number of hydrogen-bond acceptors (Lipinski definition) is 3. The quantitative estimate of drug-likeness (QED) is 0.773. The molecule has 1 amide bonds. The van der Waals surface area contributed by atoms with Gasteiger partial charge in [0.15, 0.2) is 0 Å². The molecule has 2 N–H and O–H groups in total. The first-order valence-corrected chi connectivity index (χ1v) is 7.42. The fraction of sp³-hybridized carbons (Fsp3) is 0.929. The van der Waals surface area contributed by atoms with Crippen LogP contribution in [0.4, 0.5) is 0 Å². The van der Waals surface area contributed by atoms with E-state index in [9.17, 15) is 4.79 Å². The number of aliphatic hydroxyl groups excluding tert-OH is 1. The van der Waals surface area contributed by atoms with Crippen molar-refractivity contribution in [1.82, 2.24) is 10.2 Å². The zero-order valence-electron chi connectivity index (χ0n) is 11.0. The van der Waals surface area contributed by atoms with Crippen LogP contribution in [-0.2, 0) is 4.79 Å². The minimum Gasteiger partial charge on any atom is -0.396 e. The van der Waals surface area contributed by atoms with Crippen molar-refractivity contribution in [3.05, 3.63) is 0 Å². The molecule has 4 nitrogen and oxygen atoms in total. The summed E-state index contributed by atoms with van der Waals surface area (Å²) < 4.78 is 0. The van der Waals surface area contributed by atoms with Gasteiger partial charge in [0.05, 0.1) is 6.04 Å². The number of aliphatic hydroxyl groups is 1. The van der Waals surface area contributed by atoms with Gasteiger partial charge in [-0.05, 0) is 50.0 Å². The number of nitrogens with one attached hydrogen (secondary N) is 1. The molecule has 0 aromatic carbocycles. The molecule has 2 aliphatic heterocycles. The number of carbonyl (C=O) groups excluding carboxylic acids is 1. The summed E-state index contributed by atoms with van der Waals surface area (Å²) in [4.78, 5) is 14.6. The van der Waals surface area contributed by atoms with Crippen LogP contribution in [0.1, 0.15) is 32.1 Å². The first-order valence-electron chi connectivity index (χ1n) is 7.42. The molecule has 4 heteroatoms. The lowest BCUT2D eigenvalue weighted by Gasteiger charge is -2.24. The van der Waals surface area contributed by atoms with Gasteiger partial charge in [0.25, 0.3) is 0 Å². The third-order valence-corrected chi connectivity index (χ3v) is 5.15. The average molecular weight is 252 g/mol. The van der Waals surface area contributed by atoms with Gasteiger partial charge in [0.2, 0.25) is 5.91 Å². The number of amides is 1. The second-order valence-electron chi connectivity index (χ2n) is 6.19. The van der Waals surface area contributed by atoms with Gasteiger partial charge in [0, 0.05) is 19.7 Å². The van der Waals surface area contributed by atoms with Gasteiger partial charge in [-0.25, -0.2) is 0 Å². The van der Waals surface area contributed by atoms with E-state index in [2.05, 4.69) is 5.32 Å². The molecule has 0 radical (unpaired) electrons. The number of carbonyl (C=O) groups is 1. The van der Waals surface area contributed by atoms with Crippen molar-refractivity contribution >= 4 is 5.91 Å². The van der Waals surface area contributed by atoms with E-state index in [0.29, 0.717) is 17.7 Å². The van der Waals surface area contributed by atoms with Crippen LogP contribution in [0.2, 0.25) is 0 Å². The van der Waals surface area contributed by atoms with Gasteiger partial charge < -0.3 is 15.3 Å². The Morgan fingerprint density at radius 1 is 1.33 bits per heavy atom. The molecule has 3 rings (SSSR count). The molecule has 0 aromatic heterocycles. The van der Waals surface area contributed by atoms with Crippen LogP contribution < -0.4 is 5.32 Å². The van der Waals surface area contributed by atoms with Crippen LogP contribution in [0.5, 0.6) is 0 Å². The van der Waals surface area contributed by atoms with Gasteiger partial charge in [-0.15, -0.1) is 0 Å². The van der Waals surface area contributed by atoms with Gasteiger partial charge >= 0.3 is 0 Å². The predicted molar refractivity (Wildman–Crippen MR) is 69.0 cm³/mol. The van der Waals surface area contributed by atoms with Crippen LogP contribution >= 0.6 is 0 Å². The predicted octanol–water partition coefficient (Wildman–Crippen LogP) is 0.605. The molecular formula is C14H24N2O2.